The summed E-state index contributed by atoms with van der Waals surface area (Å²) in [5.41, 5.74) is 8.72. The van der Waals surface area contributed by atoms with Gasteiger partial charge in [0.2, 0.25) is 0 Å². The molecule has 0 saturated heterocycles. The summed E-state index contributed by atoms with van der Waals surface area (Å²) in [6.07, 6.45) is 0. The van der Waals surface area contributed by atoms with Crippen molar-refractivity contribution in [2.24, 2.45) is 0 Å². The zero-order chi connectivity index (χ0) is 19.6. The number of nitriles is 1. The molecule has 0 fully saturated rings. The highest BCUT2D eigenvalue weighted by atomic mass is 35.5. The molecule has 136 valence electrons. The topological polar surface area (TPSA) is 81.2 Å². The lowest BCUT2D eigenvalue weighted by Crippen LogP contribution is -2.01. The Kier molecular flexibility index (Phi) is 5.41. The normalized spacial score (nSPS) is 10.3. The van der Waals surface area contributed by atoms with Crippen molar-refractivity contribution in [1.29, 1.82) is 5.26 Å². The van der Waals surface area contributed by atoms with Gasteiger partial charge < -0.3 is 15.2 Å². The number of nitrogens with two attached hydrogens (primary N) is 1. The molecule has 1 aromatic heterocycles. The fourth-order valence-electron chi connectivity index (χ4n) is 2.75. The molecule has 0 aliphatic heterocycles. The second-order valence-corrected chi connectivity index (χ2v) is 6.46. The third-order valence-corrected chi connectivity index (χ3v) is 4.61. The van der Waals surface area contributed by atoms with E-state index in [2.05, 4.69) is 11.1 Å². The van der Waals surface area contributed by atoms with Crippen LogP contribution in [0.3, 0.4) is 0 Å². The minimum absolute atomic E-state index is 0.0980. The molecule has 0 radical (unpaired) electrons. The van der Waals surface area contributed by atoms with Crippen LogP contribution in [0, 0.1) is 11.3 Å². The Morgan fingerprint density at radius 1 is 0.963 bits per heavy atom. The van der Waals surface area contributed by atoms with Crippen molar-refractivity contribution in [3.05, 3.63) is 58.1 Å². The number of ether oxygens (including phenoxy) is 2. The van der Waals surface area contributed by atoms with Crippen molar-refractivity contribution in [1.82, 2.24) is 4.98 Å². The monoisotopic (exact) mass is 399 g/mol. The van der Waals surface area contributed by atoms with Crippen LogP contribution in [-0.4, -0.2) is 19.2 Å². The Morgan fingerprint density at radius 2 is 1.74 bits per heavy atom. The molecular formula is C20H15Cl2N3O2. The first kappa shape index (κ1) is 18.8. The van der Waals surface area contributed by atoms with Crippen LogP contribution in [0.4, 0.5) is 5.82 Å². The zero-order valence-corrected chi connectivity index (χ0v) is 16.1. The average molecular weight is 400 g/mol. The molecule has 2 N–H and O–H groups in total. The van der Waals surface area contributed by atoms with Gasteiger partial charge in [-0.15, -0.1) is 0 Å². The molecule has 0 atom stereocenters. The summed E-state index contributed by atoms with van der Waals surface area (Å²) in [6.45, 7) is 0. The van der Waals surface area contributed by atoms with E-state index in [0.717, 1.165) is 0 Å². The van der Waals surface area contributed by atoms with Gasteiger partial charge in [0.1, 0.15) is 28.9 Å². The van der Waals surface area contributed by atoms with Gasteiger partial charge in [0.05, 0.1) is 19.9 Å². The molecule has 0 saturated carbocycles. The first-order valence-corrected chi connectivity index (χ1v) is 8.62. The molecule has 0 amide bonds. The molecule has 3 aromatic rings. The molecule has 0 aliphatic carbocycles. The molecule has 2 aromatic carbocycles. The van der Waals surface area contributed by atoms with Crippen LogP contribution in [0.15, 0.2) is 42.5 Å². The molecular weight excluding hydrogens is 385 g/mol. The summed E-state index contributed by atoms with van der Waals surface area (Å²) in [5, 5.41) is 10.5. The van der Waals surface area contributed by atoms with E-state index in [1.54, 1.807) is 56.7 Å². The highest BCUT2D eigenvalue weighted by molar-refractivity contribution is 6.36. The Balaban J connectivity index is 2.29. The number of rotatable bonds is 4. The molecule has 5 nitrogen and oxygen atoms in total. The number of hydrogen-bond acceptors (Lipinski definition) is 5. The van der Waals surface area contributed by atoms with Crippen LogP contribution in [-0.2, 0) is 0 Å². The van der Waals surface area contributed by atoms with Crippen LogP contribution in [0.2, 0.25) is 10.0 Å². The van der Waals surface area contributed by atoms with Crippen molar-refractivity contribution in [3.63, 3.8) is 0 Å². The third-order valence-electron chi connectivity index (χ3n) is 4.06. The second-order valence-electron chi connectivity index (χ2n) is 5.62. The first-order chi connectivity index (χ1) is 13.0. The molecule has 7 heteroatoms. The number of nitrogen functional groups attached to an aromatic ring is 1. The van der Waals surface area contributed by atoms with E-state index >= 15 is 0 Å². The van der Waals surface area contributed by atoms with E-state index in [0.29, 0.717) is 43.9 Å². The van der Waals surface area contributed by atoms with Gasteiger partial charge in [-0.3, -0.25) is 0 Å². The third kappa shape index (κ3) is 3.63. The molecule has 3 rings (SSSR count). The van der Waals surface area contributed by atoms with Crippen molar-refractivity contribution in [2.75, 3.05) is 20.0 Å². The summed E-state index contributed by atoms with van der Waals surface area (Å²) in [7, 11) is 3.14. The quantitative estimate of drug-likeness (QED) is 0.652. The first-order valence-electron chi connectivity index (χ1n) is 7.87. The maximum atomic E-state index is 9.57. The lowest BCUT2D eigenvalue weighted by molar-refractivity contribution is 0.404. The van der Waals surface area contributed by atoms with Crippen LogP contribution in [0.25, 0.3) is 22.4 Å². The second kappa shape index (κ2) is 7.75. The van der Waals surface area contributed by atoms with Gasteiger partial charge in [-0.1, -0.05) is 29.3 Å². The van der Waals surface area contributed by atoms with E-state index in [4.69, 9.17) is 38.4 Å². The SMILES string of the molecule is COc1ccc(OC)c(-c2cc(-c3ccc(Cl)cc3Cl)c(C#N)c(N)n2)c1. The number of anilines is 1. The van der Waals surface area contributed by atoms with E-state index in [1.807, 2.05) is 0 Å². The number of halogens is 2. The maximum Gasteiger partial charge on any atom is 0.142 e. The van der Waals surface area contributed by atoms with Crippen LogP contribution < -0.4 is 15.2 Å². The standard InChI is InChI=1S/C20H15Cl2N3O2/c1-26-12-4-6-19(27-2)15(8-12)18-9-14(16(10-23)20(24)25-18)13-5-3-11(21)7-17(13)22/h3-9H,1-2H3,(H2,24,25). The Hall–Kier alpha value is -2.94. The highest BCUT2D eigenvalue weighted by Gasteiger charge is 2.18. The molecule has 1 heterocycles. The molecule has 27 heavy (non-hydrogen) atoms. The molecule has 0 spiro atoms. The van der Waals surface area contributed by atoms with Crippen LogP contribution >= 0.6 is 23.2 Å². The number of hydrogen-bond donors (Lipinski definition) is 1. The summed E-state index contributed by atoms with van der Waals surface area (Å²) in [4.78, 5) is 4.38. The lowest BCUT2D eigenvalue weighted by atomic mass is 9.98. The van der Waals surface area contributed by atoms with Crippen molar-refractivity contribution in [2.45, 2.75) is 0 Å². The molecule has 0 unspecified atom stereocenters. The van der Waals surface area contributed by atoms with Crippen molar-refractivity contribution < 1.29 is 9.47 Å². The van der Waals surface area contributed by atoms with Gasteiger partial charge >= 0.3 is 0 Å². The number of pyridine rings is 1. The minimum atomic E-state index is 0.0980. The predicted molar refractivity (Wildman–Crippen MR) is 107 cm³/mol. The summed E-state index contributed by atoms with van der Waals surface area (Å²) in [6, 6.07) is 14.3. The largest absolute Gasteiger partial charge is 0.497 e. The fraction of sp³-hybridized carbons (Fsp3) is 0.100. The predicted octanol–water partition coefficient (Wildman–Crippen LogP) is 5.19. The summed E-state index contributed by atoms with van der Waals surface area (Å²) < 4.78 is 10.7. The van der Waals surface area contributed by atoms with Crippen molar-refractivity contribution in [3.8, 4) is 40.0 Å². The number of methoxy groups -OCH3 is 2. The summed E-state index contributed by atoms with van der Waals surface area (Å²) in [5.74, 6) is 1.34. The lowest BCUT2D eigenvalue weighted by Gasteiger charge is -2.14. The number of nitrogens with zero attached hydrogens (tertiary/aromatic N) is 2. The van der Waals surface area contributed by atoms with Gasteiger partial charge in [-0.25, -0.2) is 4.98 Å². The van der Waals surface area contributed by atoms with E-state index in [-0.39, 0.29) is 11.4 Å². The van der Waals surface area contributed by atoms with Crippen molar-refractivity contribution >= 4 is 29.0 Å². The van der Waals surface area contributed by atoms with E-state index in [1.165, 1.54) is 0 Å². The fourth-order valence-corrected chi connectivity index (χ4v) is 3.27. The Bertz CT molecular complexity index is 1060. The van der Waals surface area contributed by atoms with Gasteiger partial charge in [0, 0.05) is 26.7 Å². The average Bonchev–Trinajstić information content (AvgIpc) is 2.67. The number of benzene rings is 2. The van der Waals surface area contributed by atoms with E-state index < -0.39 is 0 Å². The molecule has 0 bridgehead atoms. The van der Waals surface area contributed by atoms with Crippen LogP contribution in [0.5, 0.6) is 11.5 Å². The molecule has 0 aliphatic rings. The number of aromatic nitrogens is 1. The Labute approximate surface area is 166 Å². The van der Waals surface area contributed by atoms with E-state index in [9.17, 15) is 5.26 Å². The van der Waals surface area contributed by atoms with Gasteiger partial charge in [-0.05, 0) is 36.4 Å². The zero-order valence-electron chi connectivity index (χ0n) is 14.6. The highest BCUT2D eigenvalue weighted by Crippen LogP contribution is 2.39. The van der Waals surface area contributed by atoms with Crippen LogP contribution in [0.1, 0.15) is 5.56 Å². The van der Waals surface area contributed by atoms with Gasteiger partial charge in [0.25, 0.3) is 0 Å². The van der Waals surface area contributed by atoms with Gasteiger partial charge in [0.15, 0.2) is 0 Å². The maximum absolute atomic E-state index is 9.57. The minimum Gasteiger partial charge on any atom is -0.497 e. The van der Waals surface area contributed by atoms with Gasteiger partial charge in [-0.2, -0.15) is 5.26 Å². The summed E-state index contributed by atoms with van der Waals surface area (Å²) >= 11 is 12.3. The Morgan fingerprint density at radius 3 is 2.37 bits per heavy atom. The smallest absolute Gasteiger partial charge is 0.142 e.